The largest absolute Gasteiger partial charge is 0.341 e. The number of halogens is 1. The van der Waals surface area contributed by atoms with Crippen LogP contribution in [-0.4, -0.2) is 20.6 Å². The zero-order chi connectivity index (χ0) is 22.2. The number of hydrogen-bond acceptors (Lipinski definition) is 5. The van der Waals surface area contributed by atoms with E-state index in [0.717, 1.165) is 24.8 Å². The molecular formula is C22H19ClN4O4. The first-order chi connectivity index (χ1) is 14.8. The molecule has 31 heavy (non-hydrogen) atoms. The first-order valence-corrected chi connectivity index (χ1v) is 10.1. The summed E-state index contributed by atoms with van der Waals surface area (Å²) in [5.74, 6) is -0.619. The summed E-state index contributed by atoms with van der Waals surface area (Å²) in [6.45, 7) is 1.61. The molecular weight excluding hydrogens is 420 g/mol. The number of rotatable bonds is 5. The van der Waals surface area contributed by atoms with Gasteiger partial charge in [-0.05, 0) is 49.9 Å². The molecule has 158 valence electrons. The van der Waals surface area contributed by atoms with Crippen LogP contribution in [0.15, 0.2) is 59.4 Å². The average Bonchev–Trinajstić information content (AvgIpc) is 2.71. The Morgan fingerprint density at radius 3 is 2.48 bits per heavy atom. The lowest BCUT2D eigenvalue weighted by atomic mass is 9.71. The summed E-state index contributed by atoms with van der Waals surface area (Å²) in [6.07, 6.45) is 2.39. The SMILES string of the molecule is Cc1cc(=O)c(C(=O)NC2(c3ccc(Cl)cc3)CCC2)nn1-c1ccccc1[N+](=O)[O-]. The molecule has 0 bridgehead atoms. The second-order valence-corrected chi connectivity index (χ2v) is 7.99. The Hall–Kier alpha value is -3.52. The van der Waals surface area contributed by atoms with Crippen LogP contribution in [-0.2, 0) is 5.54 Å². The standard InChI is InChI=1S/C22H19ClN4O4/c1-14-13-19(28)20(25-26(14)17-5-2-3-6-18(17)27(30)31)21(29)24-22(11-4-12-22)15-7-9-16(23)10-8-15/h2-3,5-10,13H,4,11-12H2,1H3,(H,24,29). The monoisotopic (exact) mass is 438 g/mol. The summed E-state index contributed by atoms with van der Waals surface area (Å²) >= 11 is 5.98. The van der Waals surface area contributed by atoms with Gasteiger partial charge in [-0.2, -0.15) is 5.10 Å². The second kappa shape index (κ2) is 7.96. The van der Waals surface area contributed by atoms with Crippen LogP contribution in [0.5, 0.6) is 0 Å². The van der Waals surface area contributed by atoms with Crippen molar-refractivity contribution in [2.75, 3.05) is 0 Å². The van der Waals surface area contributed by atoms with E-state index in [-0.39, 0.29) is 17.1 Å². The van der Waals surface area contributed by atoms with Crippen LogP contribution in [0.4, 0.5) is 5.69 Å². The molecule has 9 heteroatoms. The summed E-state index contributed by atoms with van der Waals surface area (Å²) in [6, 6.07) is 14.5. The van der Waals surface area contributed by atoms with Crippen LogP contribution in [0, 0.1) is 17.0 Å². The smallest absolute Gasteiger partial charge is 0.294 e. The third-order valence-electron chi connectivity index (χ3n) is 5.59. The Bertz CT molecular complexity index is 1230. The minimum Gasteiger partial charge on any atom is -0.341 e. The van der Waals surface area contributed by atoms with Gasteiger partial charge in [0, 0.05) is 22.8 Å². The Morgan fingerprint density at radius 2 is 1.87 bits per heavy atom. The quantitative estimate of drug-likeness (QED) is 0.480. The van der Waals surface area contributed by atoms with Gasteiger partial charge in [0.2, 0.25) is 5.43 Å². The van der Waals surface area contributed by atoms with E-state index in [1.807, 2.05) is 12.1 Å². The molecule has 0 saturated heterocycles. The van der Waals surface area contributed by atoms with E-state index in [1.54, 1.807) is 31.2 Å². The molecule has 1 amide bonds. The highest BCUT2D eigenvalue weighted by atomic mass is 35.5. The van der Waals surface area contributed by atoms with E-state index in [4.69, 9.17) is 11.6 Å². The van der Waals surface area contributed by atoms with Gasteiger partial charge >= 0.3 is 0 Å². The van der Waals surface area contributed by atoms with Crippen molar-refractivity contribution in [1.29, 1.82) is 0 Å². The molecule has 0 atom stereocenters. The normalized spacial score (nSPS) is 14.5. The molecule has 3 aromatic rings. The number of hydrogen-bond donors (Lipinski definition) is 1. The van der Waals surface area contributed by atoms with Gasteiger partial charge in [0.05, 0.1) is 10.5 Å². The van der Waals surface area contributed by atoms with Crippen molar-refractivity contribution in [3.05, 3.63) is 96.9 Å². The van der Waals surface area contributed by atoms with Crippen LogP contribution >= 0.6 is 11.6 Å². The lowest BCUT2D eigenvalue weighted by Gasteiger charge is -2.43. The molecule has 1 saturated carbocycles. The van der Waals surface area contributed by atoms with E-state index >= 15 is 0 Å². The number of nitrogens with one attached hydrogen (secondary N) is 1. The van der Waals surface area contributed by atoms with Crippen molar-refractivity contribution in [3.8, 4) is 5.69 Å². The molecule has 0 spiro atoms. The fourth-order valence-corrected chi connectivity index (χ4v) is 3.93. The van der Waals surface area contributed by atoms with Crippen molar-refractivity contribution in [2.24, 2.45) is 0 Å². The van der Waals surface area contributed by atoms with Crippen LogP contribution in [0.1, 0.15) is 41.0 Å². The Morgan fingerprint density at radius 1 is 1.19 bits per heavy atom. The first kappa shape index (κ1) is 20.7. The number of aryl methyl sites for hydroxylation is 1. The molecule has 0 unspecified atom stereocenters. The number of para-hydroxylation sites is 2. The molecule has 1 fully saturated rings. The van der Waals surface area contributed by atoms with E-state index in [2.05, 4.69) is 10.4 Å². The summed E-state index contributed by atoms with van der Waals surface area (Å²) in [5, 5.41) is 19.2. The van der Waals surface area contributed by atoms with Crippen molar-refractivity contribution in [2.45, 2.75) is 31.7 Å². The highest BCUT2D eigenvalue weighted by molar-refractivity contribution is 6.30. The number of aromatic nitrogens is 2. The van der Waals surface area contributed by atoms with E-state index in [9.17, 15) is 19.7 Å². The van der Waals surface area contributed by atoms with Crippen LogP contribution in [0.2, 0.25) is 5.02 Å². The van der Waals surface area contributed by atoms with Gasteiger partial charge in [0.25, 0.3) is 11.6 Å². The highest BCUT2D eigenvalue weighted by Gasteiger charge is 2.40. The number of nitrogens with zero attached hydrogens (tertiary/aromatic N) is 3. The van der Waals surface area contributed by atoms with Crippen molar-refractivity contribution in [1.82, 2.24) is 15.1 Å². The van der Waals surface area contributed by atoms with Gasteiger partial charge in [-0.15, -0.1) is 0 Å². The lowest BCUT2D eigenvalue weighted by Crippen LogP contribution is -2.52. The first-order valence-electron chi connectivity index (χ1n) is 9.74. The number of benzene rings is 2. The molecule has 1 N–H and O–H groups in total. The van der Waals surface area contributed by atoms with Crippen molar-refractivity contribution < 1.29 is 9.72 Å². The molecule has 1 heterocycles. The van der Waals surface area contributed by atoms with Crippen molar-refractivity contribution >= 4 is 23.2 Å². The minimum atomic E-state index is -0.619. The Labute approximate surface area is 182 Å². The van der Waals surface area contributed by atoms with E-state index in [1.165, 1.54) is 22.9 Å². The molecule has 1 aromatic heterocycles. The summed E-state index contributed by atoms with van der Waals surface area (Å²) in [4.78, 5) is 36.5. The van der Waals surface area contributed by atoms with Crippen molar-refractivity contribution in [3.63, 3.8) is 0 Å². The zero-order valence-corrected chi connectivity index (χ0v) is 17.4. The molecule has 8 nitrogen and oxygen atoms in total. The molecule has 2 aromatic carbocycles. The van der Waals surface area contributed by atoms with Crippen LogP contribution < -0.4 is 10.7 Å². The number of amides is 1. The van der Waals surface area contributed by atoms with Gasteiger partial charge in [0.15, 0.2) is 5.69 Å². The topological polar surface area (TPSA) is 107 Å². The summed E-state index contributed by atoms with van der Waals surface area (Å²) in [7, 11) is 0. The summed E-state index contributed by atoms with van der Waals surface area (Å²) in [5.41, 5.74) is -0.168. The van der Waals surface area contributed by atoms with Gasteiger partial charge in [-0.25, -0.2) is 4.68 Å². The average molecular weight is 439 g/mol. The maximum atomic E-state index is 13.1. The fraction of sp³-hybridized carbons (Fsp3) is 0.227. The fourth-order valence-electron chi connectivity index (χ4n) is 3.81. The van der Waals surface area contributed by atoms with E-state index < -0.39 is 21.8 Å². The van der Waals surface area contributed by atoms with Gasteiger partial charge < -0.3 is 5.32 Å². The molecule has 1 aliphatic carbocycles. The number of nitro benzene ring substituents is 1. The third kappa shape index (κ3) is 3.82. The number of carbonyl (C=O) groups is 1. The zero-order valence-electron chi connectivity index (χ0n) is 16.7. The van der Waals surface area contributed by atoms with Gasteiger partial charge in [-0.1, -0.05) is 35.9 Å². The number of carbonyl (C=O) groups excluding carboxylic acids is 1. The molecule has 0 radical (unpaired) electrons. The third-order valence-corrected chi connectivity index (χ3v) is 5.84. The predicted molar refractivity (Wildman–Crippen MR) is 116 cm³/mol. The highest BCUT2D eigenvalue weighted by Crippen LogP contribution is 2.41. The molecule has 1 aliphatic rings. The second-order valence-electron chi connectivity index (χ2n) is 7.55. The van der Waals surface area contributed by atoms with Gasteiger partial charge in [0.1, 0.15) is 5.69 Å². The maximum Gasteiger partial charge on any atom is 0.294 e. The Balaban J connectivity index is 1.73. The lowest BCUT2D eigenvalue weighted by molar-refractivity contribution is -0.384. The van der Waals surface area contributed by atoms with E-state index in [0.29, 0.717) is 10.7 Å². The van der Waals surface area contributed by atoms with Crippen LogP contribution in [0.25, 0.3) is 5.69 Å². The molecule has 0 aliphatic heterocycles. The maximum absolute atomic E-state index is 13.1. The Kier molecular flexibility index (Phi) is 5.32. The minimum absolute atomic E-state index is 0.176. The molecule has 4 rings (SSSR count). The number of nitro groups is 1. The van der Waals surface area contributed by atoms with Crippen LogP contribution in [0.3, 0.4) is 0 Å². The van der Waals surface area contributed by atoms with Gasteiger partial charge in [-0.3, -0.25) is 19.7 Å². The predicted octanol–water partition coefficient (Wildman–Crippen LogP) is 3.91. The summed E-state index contributed by atoms with van der Waals surface area (Å²) < 4.78 is 1.25.